The van der Waals surface area contributed by atoms with E-state index in [1.54, 1.807) is 0 Å². The van der Waals surface area contributed by atoms with Crippen molar-refractivity contribution in [2.45, 2.75) is 32.7 Å². The minimum absolute atomic E-state index is 0.0307. The van der Waals surface area contributed by atoms with Crippen molar-refractivity contribution < 1.29 is 4.79 Å². The van der Waals surface area contributed by atoms with Crippen molar-refractivity contribution in [2.24, 2.45) is 0 Å². The molecule has 1 atom stereocenters. The second-order valence-electron chi connectivity index (χ2n) is 5.53. The summed E-state index contributed by atoms with van der Waals surface area (Å²) in [7, 11) is 0. The Morgan fingerprint density at radius 1 is 1.35 bits per heavy atom. The fourth-order valence-corrected chi connectivity index (χ4v) is 2.65. The van der Waals surface area contributed by atoms with Gasteiger partial charge < -0.3 is 15.5 Å². The number of amides is 1. The van der Waals surface area contributed by atoms with Gasteiger partial charge in [-0.15, -0.1) is 0 Å². The van der Waals surface area contributed by atoms with Gasteiger partial charge in [0.1, 0.15) is 0 Å². The fourth-order valence-electron chi connectivity index (χ4n) is 2.65. The summed E-state index contributed by atoms with van der Waals surface area (Å²) < 4.78 is 0. The first-order valence-corrected chi connectivity index (χ1v) is 7.48. The van der Waals surface area contributed by atoms with Gasteiger partial charge in [-0.3, -0.25) is 4.79 Å². The van der Waals surface area contributed by atoms with E-state index in [0.717, 1.165) is 18.8 Å². The molecule has 1 fully saturated rings. The number of hydrogen-bond acceptors (Lipinski definition) is 3. The van der Waals surface area contributed by atoms with Gasteiger partial charge >= 0.3 is 0 Å². The third-order valence-electron chi connectivity index (χ3n) is 3.78. The number of benzene rings is 1. The molecule has 1 aliphatic rings. The van der Waals surface area contributed by atoms with Crippen LogP contribution in [0.3, 0.4) is 0 Å². The third-order valence-corrected chi connectivity index (χ3v) is 3.78. The van der Waals surface area contributed by atoms with E-state index in [1.165, 1.54) is 38.4 Å². The summed E-state index contributed by atoms with van der Waals surface area (Å²) in [5.74, 6) is -0.0307. The molecule has 1 amide bonds. The minimum atomic E-state index is -0.0307. The Kier molecular flexibility index (Phi) is 5.56. The quantitative estimate of drug-likeness (QED) is 0.838. The summed E-state index contributed by atoms with van der Waals surface area (Å²) in [5, 5.41) is 6.38. The van der Waals surface area contributed by atoms with Crippen LogP contribution in [0.2, 0.25) is 0 Å². The lowest BCUT2D eigenvalue weighted by Gasteiger charge is -2.19. The van der Waals surface area contributed by atoms with Crippen LogP contribution in [0, 0.1) is 0 Å². The lowest BCUT2D eigenvalue weighted by molar-refractivity contribution is -0.114. The topological polar surface area (TPSA) is 44.4 Å². The first-order valence-electron chi connectivity index (χ1n) is 7.48. The molecule has 4 heteroatoms. The number of nitrogens with zero attached hydrogens (tertiary/aromatic N) is 1. The highest BCUT2D eigenvalue weighted by molar-refractivity contribution is 5.88. The highest BCUT2D eigenvalue weighted by Crippen LogP contribution is 2.17. The van der Waals surface area contributed by atoms with Crippen LogP contribution in [0.5, 0.6) is 0 Å². The zero-order valence-corrected chi connectivity index (χ0v) is 12.5. The number of carbonyl (C=O) groups is 1. The predicted octanol–water partition coefficient (Wildman–Crippen LogP) is 2.39. The van der Waals surface area contributed by atoms with Crippen LogP contribution in [0.4, 0.5) is 5.69 Å². The van der Waals surface area contributed by atoms with E-state index in [2.05, 4.69) is 28.5 Å². The lowest BCUT2D eigenvalue weighted by Crippen LogP contribution is -2.31. The first-order chi connectivity index (χ1) is 9.65. The Bertz CT molecular complexity index is 441. The molecular formula is C16H25N3O. The Balaban J connectivity index is 1.81. The maximum Gasteiger partial charge on any atom is 0.221 e. The van der Waals surface area contributed by atoms with Crippen LogP contribution in [0.1, 0.15) is 38.3 Å². The summed E-state index contributed by atoms with van der Waals surface area (Å²) in [4.78, 5) is 13.6. The van der Waals surface area contributed by atoms with E-state index in [0.29, 0.717) is 6.04 Å². The average Bonchev–Trinajstić information content (AvgIpc) is 2.91. The van der Waals surface area contributed by atoms with Gasteiger partial charge in [-0.05, 0) is 50.6 Å². The molecule has 0 saturated carbocycles. The molecule has 0 aliphatic carbocycles. The fraction of sp³-hybridized carbons (Fsp3) is 0.562. The lowest BCUT2D eigenvalue weighted by atomic mass is 10.1. The summed E-state index contributed by atoms with van der Waals surface area (Å²) in [6, 6.07) is 8.33. The normalized spacial score (nSPS) is 17.1. The van der Waals surface area contributed by atoms with E-state index in [-0.39, 0.29) is 5.91 Å². The van der Waals surface area contributed by atoms with Gasteiger partial charge in [0.25, 0.3) is 0 Å². The summed E-state index contributed by atoms with van der Waals surface area (Å²) in [6.45, 7) is 8.31. The maximum atomic E-state index is 11.1. The third kappa shape index (κ3) is 4.62. The smallest absolute Gasteiger partial charge is 0.221 e. The van der Waals surface area contributed by atoms with Crippen molar-refractivity contribution in [3.63, 3.8) is 0 Å². The Hall–Kier alpha value is -1.39. The van der Waals surface area contributed by atoms with Crippen LogP contribution in [0.25, 0.3) is 0 Å². The van der Waals surface area contributed by atoms with Crippen molar-refractivity contribution in [1.82, 2.24) is 10.2 Å². The van der Waals surface area contributed by atoms with Crippen molar-refractivity contribution in [3.8, 4) is 0 Å². The van der Waals surface area contributed by atoms with Gasteiger partial charge in [0, 0.05) is 31.7 Å². The van der Waals surface area contributed by atoms with Crippen LogP contribution in [-0.4, -0.2) is 37.0 Å². The number of anilines is 1. The average molecular weight is 275 g/mol. The zero-order chi connectivity index (χ0) is 14.4. The monoisotopic (exact) mass is 275 g/mol. The second-order valence-corrected chi connectivity index (χ2v) is 5.53. The molecule has 0 aromatic heterocycles. The molecule has 20 heavy (non-hydrogen) atoms. The molecule has 0 spiro atoms. The Morgan fingerprint density at radius 2 is 2.10 bits per heavy atom. The molecule has 4 nitrogen and oxygen atoms in total. The second kappa shape index (κ2) is 7.41. The van der Waals surface area contributed by atoms with E-state index < -0.39 is 0 Å². The predicted molar refractivity (Wildman–Crippen MR) is 82.8 cm³/mol. The molecule has 1 heterocycles. The van der Waals surface area contributed by atoms with Gasteiger partial charge in [0.2, 0.25) is 5.91 Å². The van der Waals surface area contributed by atoms with E-state index in [4.69, 9.17) is 0 Å². The molecule has 1 saturated heterocycles. The van der Waals surface area contributed by atoms with Crippen LogP contribution >= 0.6 is 0 Å². The Morgan fingerprint density at radius 3 is 2.80 bits per heavy atom. The van der Waals surface area contributed by atoms with Gasteiger partial charge in [0.15, 0.2) is 0 Å². The molecular weight excluding hydrogens is 250 g/mol. The first kappa shape index (κ1) is 15.0. The number of rotatable bonds is 6. The number of carbonyl (C=O) groups excluding carboxylic acids is 1. The standard InChI is InChI=1S/C16H25N3O/c1-13(17-8-11-19-9-3-4-10-19)15-6-5-7-16(12-15)18-14(2)20/h5-7,12-13,17H,3-4,8-11H2,1-2H3,(H,18,20). The van der Waals surface area contributed by atoms with E-state index >= 15 is 0 Å². The molecule has 0 radical (unpaired) electrons. The van der Waals surface area contributed by atoms with Crippen molar-refractivity contribution in [1.29, 1.82) is 0 Å². The minimum Gasteiger partial charge on any atom is -0.326 e. The largest absolute Gasteiger partial charge is 0.326 e. The summed E-state index contributed by atoms with van der Waals surface area (Å²) >= 11 is 0. The van der Waals surface area contributed by atoms with Gasteiger partial charge in [-0.2, -0.15) is 0 Å². The highest BCUT2D eigenvalue weighted by atomic mass is 16.1. The van der Waals surface area contributed by atoms with Crippen LogP contribution in [-0.2, 0) is 4.79 Å². The molecule has 0 bridgehead atoms. The SMILES string of the molecule is CC(=O)Nc1cccc(C(C)NCCN2CCCC2)c1. The zero-order valence-electron chi connectivity index (χ0n) is 12.5. The van der Waals surface area contributed by atoms with Crippen molar-refractivity contribution in [3.05, 3.63) is 29.8 Å². The Labute approximate surface area is 121 Å². The molecule has 2 rings (SSSR count). The maximum absolute atomic E-state index is 11.1. The molecule has 1 aliphatic heterocycles. The van der Waals surface area contributed by atoms with E-state index in [9.17, 15) is 4.79 Å². The van der Waals surface area contributed by atoms with E-state index in [1.807, 2.05) is 18.2 Å². The van der Waals surface area contributed by atoms with Crippen molar-refractivity contribution in [2.75, 3.05) is 31.5 Å². The number of hydrogen-bond donors (Lipinski definition) is 2. The van der Waals surface area contributed by atoms with Gasteiger partial charge in [-0.25, -0.2) is 0 Å². The van der Waals surface area contributed by atoms with Crippen molar-refractivity contribution >= 4 is 11.6 Å². The molecule has 1 aromatic rings. The number of likely N-dealkylation sites (tertiary alicyclic amines) is 1. The highest BCUT2D eigenvalue weighted by Gasteiger charge is 2.11. The summed E-state index contributed by atoms with van der Waals surface area (Å²) in [6.07, 6.45) is 2.68. The molecule has 110 valence electrons. The number of nitrogens with one attached hydrogen (secondary N) is 2. The van der Waals surface area contributed by atoms with Crippen LogP contribution < -0.4 is 10.6 Å². The molecule has 1 aromatic carbocycles. The summed E-state index contributed by atoms with van der Waals surface area (Å²) in [5.41, 5.74) is 2.07. The van der Waals surface area contributed by atoms with Gasteiger partial charge in [0.05, 0.1) is 0 Å². The van der Waals surface area contributed by atoms with Gasteiger partial charge in [-0.1, -0.05) is 12.1 Å². The molecule has 1 unspecified atom stereocenters. The molecule has 2 N–H and O–H groups in total. The van der Waals surface area contributed by atoms with Crippen LogP contribution in [0.15, 0.2) is 24.3 Å².